The first kappa shape index (κ1) is 14.4. The van der Waals surface area contributed by atoms with E-state index in [0.717, 1.165) is 32.7 Å². The summed E-state index contributed by atoms with van der Waals surface area (Å²) in [5.41, 5.74) is 4.16. The van der Waals surface area contributed by atoms with Crippen molar-refractivity contribution in [2.45, 2.75) is 26.8 Å². The van der Waals surface area contributed by atoms with Crippen molar-refractivity contribution in [3.05, 3.63) is 29.3 Å². The normalized spacial score (nSPS) is 18.6. The number of anilines is 1. The molecule has 0 aromatic heterocycles. The summed E-state index contributed by atoms with van der Waals surface area (Å²) in [5, 5.41) is 3.27. The van der Waals surface area contributed by atoms with Crippen LogP contribution >= 0.6 is 0 Å². The minimum absolute atomic E-state index is 0.630. The van der Waals surface area contributed by atoms with Crippen LogP contribution < -0.4 is 10.2 Å². The Kier molecular flexibility index (Phi) is 4.83. The van der Waals surface area contributed by atoms with Crippen molar-refractivity contribution < 1.29 is 0 Å². The van der Waals surface area contributed by atoms with E-state index in [4.69, 9.17) is 0 Å². The Balaban J connectivity index is 1.98. The van der Waals surface area contributed by atoms with Crippen molar-refractivity contribution in [3.63, 3.8) is 0 Å². The van der Waals surface area contributed by atoms with E-state index in [2.05, 4.69) is 54.1 Å². The maximum Gasteiger partial charge on any atom is 0.0399 e. The van der Waals surface area contributed by atoms with Crippen LogP contribution in [0.1, 0.15) is 18.1 Å². The van der Waals surface area contributed by atoms with E-state index in [-0.39, 0.29) is 0 Å². The molecule has 1 aromatic rings. The number of likely N-dealkylation sites (N-methyl/N-ethyl adjacent to an activating group) is 1. The molecule has 1 atom stereocenters. The molecule has 106 valence electrons. The first-order valence-corrected chi connectivity index (χ1v) is 7.32. The molecule has 1 fully saturated rings. The highest BCUT2D eigenvalue weighted by Crippen LogP contribution is 2.23. The summed E-state index contributed by atoms with van der Waals surface area (Å²) in [7, 11) is 2.03. The quantitative estimate of drug-likeness (QED) is 0.895. The molecule has 0 radical (unpaired) electrons. The number of aryl methyl sites for hydroxylation is 2. The fourth-order valence-corrected chi connectivity index (χ4v) is 2.89. The van der Waals surface area contributed by atoms with E-state index in [1.165, 1.54) is 16.8 Å². The van der Waals surface area contributed by atoms with Crippen molar-refractivity contribution in [3.8, 4) is 0 Å². The summed E-state index contributed by atoms with van der Waals surface area (Å²) in [6.07, 6.45) is 0. The molecule has 0 bridgehead atoms. The van der Waals surface area contributed by atoms with Gasteiger partial charge in [0, 0.05) is 44.5 Å². The van der Waals surface area contributed by atoms with Gasteiger partial charge in [-0.1, -0.05) is 12.1 Å². The second kappa shape index (κ2) is 6.40. The molecule has 0 saturated carbocycles. The van der Waals surface area contributed by atoms with E-state index in [9.17, 15) is 0 Å². The molecule has 2 rings (SSSR count). The van der Waals surface area contributed by atoms with Gasteiger partial charge in [-0.2, -0.15) is 0 Å². The fraction of sp³-hybridized carbons (Fsp3) is 0.625. The lowest BCUT2D eigenvalue weighted by atomic mass is 10.1. The van der Waals surface area contributed by atoms with Gasteiger partial charge in [-0.3, -0.25) is 4.90 Å². The molecule has 1 aliphatic heterocycles. The van der Waals surface area contributed by atoms with Gasteiger partial charge in [0.1, 0.15) is 0 Å². The smallest absolute Gasteiger partial charge is 0.0399 e. The molecule has 1 saturated heterocycles. The summed E-state index contributed by atoms with van der Waals surface area (Å²) in [4.78, 5) is 5.11. The lowest BCUT2D eigenvalue weighted by Gasteiger charge is -2.39. The number of hydrogen-bond acceptors (Lipinski definition) is 3. The predicted octanol–water partition coefficient (Wildman–Crippen LogP) is 2.03. The third kappa shape index (κ3) is 3.48. The Hall–Kier alpha value is -1.06. The molecule has 1 N–H and O–H groups in total. The van der Waals surface area contributed by atoms with E-state index in [1.54, 1.807) is 0 Å². The number of rotatable bonds is 4. The van der Waals surface area contributed by atoms with Gasteiger partial charge in [0.25, 0.3) is 0 Å². The van der Waals surface area contributed by atoms with Gasteiger partial charge in [0.05, 0.1) is 0 Å². The largest absolute Gasteiger partial charge is 0.369 e. The summed E-state index contributed by atoms with van der Waals surface area (Å²) < 4.78 is 0. The average Bonchev–Trinajstić information content (AvgIpc) is 2.42. The molecule has 0 spiro atoms. The maximum atomic E-state index is 3.27. The third-order valence-corrected chi connectivity index (χ3v) is 4.14. The number of piperazine rings is 1. The first-order chi connectivity index (χ1) is 9.11. The summed E-state index contributed by atoms with van der Waals surface area (Å²) in [6.45, 7) is 12.4. The highest BCUT2D eigenvalue weighted by molar-refractivity contribution is 5.55. The molecular formula is C16H27N3. The van der Waals surface area contributed by atoms with E-state index in [0.29, 0.717) is 6.04 Å². The number of benzene rings is 1. The average molecular weight is 261 g/mol. The Morgan fingerprint density at radius 3 is 2.47 bits per heavy atom. The van der Waals surface area contributed by atoms with E-state index >= 15 is 0 Å². The van der Waals surface area contributed by atoms with Crippen LogP contribution in [0.15, 0.2) is 18.2 Å². The summed E-state index contributed by atoms with van der Waals surface area (Å²) in [6, 6.07) is 7.39. The van der Waals surface area contributed by atoms with Gasteiger partial charge < -0.3 is 10.2 Å². The standard InChI is InChI=1S/C16H27N3/c1-13-5-6-14(2)16(11-13)19-9-7-18(8-10-19)15(3)12-17-4/h5-6,11,15,17H,7-10,12H2,1-4H3. The molecule has 3 nitrogen and oxygen atoms in total. The topological polar surface area (TPSA) is 18.5 Å². The molecule has 3 heteroatoms. The zero-order chi connectivity index (χ0) is 13.8. The molecule has 19 heavy (non-hydrogen) atoms. The van der Waals surface area contributed by atoms with Crippen LogP contribution in [0.3, 0.4) is 0 Å². The lowest BCUT2D eigenvalue weighted by molar-refractivity contribution is 0.195. The van der Waals surface area contributed by atoms with Crippen molar-refractivity contribution >= 4 is 5.69 Å². The first-order valence-electron chi connectivity index (χ1n) is 7.32. The fourth-order valence-electron chi connectivity index (χ4n) is 2.89. The van der Waals surface area contributed by atoms with Crippen LogP contribution in [0.4, 0.5) is 5.69 Å². The molecule has 1 heterocycles. The molecule has 0 aliphatic carbocycles. The van der Waals surface area contributed by atoms with Crippen molar-refractivity contribution in [2.75, 3.05) is 44.7 Å². The Labute approximate surface area is 117 Å². The van der Waals surface area contributed by atoms with Crippen molar-refractivity contribution in [1.29, 1.82) is 0 Å². The summed E-state index contributed by atoms with van der Waals surface area (Å²) in [5.74, 6) is 0. The number of nitrogens with one attached hydrogen (secondary N) is 1. The molecule has 1 aliphatic rings. The zero-order valence-electron chi connectivity index (χ0n) is 12.7. The predicted molar refractivity (Wildman–Crippen MR) is 83.1 cm³/mol. The van der Waals surface area contributed by atoms with Gasteiger partial charge in [-0.05, 0) is 45.0 Å². The SMILES string of the molecule is CNCC(C)N1CCN(c2cc(C)ccc2C)CC1. The number of nitrogens with zero attached hydrogens (tertiary/aromatic N) is 2. The Morgan fingerprint density at radius 1 is 1.16 bits per heavy atom. The van der Waals surface area contributed by atoms with E-state index in [1.807, 2.05) is 7.05 Å². The Morgan fingerprint density at radius 2 is 1.84 bits per heavy atom. The van der Waals surface area contributed by atoms with Gasteiger partial charge in [0.2, 0.25) is 0 Å². The zero-order valence-corrected chi connectivity index (χ0v) is 12.7. The van der Waals surface area contributed by atoms with Crippen LogP contribution in [0.5, 0.6) is 0 Å². The van der Waals surface area contributed by atoms with Gasteiger partial charge in [0.15, 0.2) is 0 Å². The maximum absolute atomic E-state index is 3.27. The van der Waals surface area contributed by atoms with Crippen LogP contribution in [-0.2, 0) is 0 Å². The van der Waals surface area contributed by atoms with Gasteiger partial charge in [-0.25, -0.2) is 0 Å². The highest BCUT2D eigenvalue weighted by atomic mass is 15.3. The van der Waals surface area contributed by atoms with Crippen molar-refractivity contribution in [1.82, 2.24) is 10.2 Å². The lowest BCUT2D eigenvalue weighted by Crippen LogP contribution is -2.51. The Bertz CT molecular complexity index is 408. The number of hydrogen-bond donors (Lipinski definition) is 1. The monoisotopic (exact) mass is 261 g/mol. The van der Waals surface area contributed by atoms with Crippen LogP contribution in [0.2, 0.25) is 0 Å². The third-order valence-electron chi connectivity index (χ3n) is 4.14. The van der Waals surface area contributed by atoms with Crippen molar-refractivity contribution in [2.24, 2.45) is 0 Å². The second-order valence-corrected chi connectivity index (χ2v) is 5.72. The van der Waals surface area contributed by atoms with Crippen LogP contribution in [0.25, 0.3) is 0 Å². The van der Waals surface area contributed by atoms with Crippen LogP contribution in [-0.4, -0.2) is 50.7 Å². The highest BCUT2D eigenvalue weighted by Gasteiger charge is 2.21. The minimum Gasteiger partial charge on any atom is -0.369 e. The molecular weight excluding hydrogens is 234 g/mol. The molecule has 1 aromatic carbocycles. The molecule has 0 amide bonds. The molecule has 1 unspecified atom stereocenters. The summed E-state index contributed by atoms with van der Waals surface area (Å²) >= 11 is 0. The van der Waals surface area contributed by atoms with Crippen LogP contribution in [0, 0.1) is 13.8 Å². The van der Waals surface area contributed by atoms with E-state index < -0.39 is 0 Å². The van der Waals surface area contributed by atoms with Gasteiger partial charge >= 0.3 is 0 Å². The minimum atomic E-state index is 0.630. The van der Waals surface area contributed by atoms with Gasteiger partial charge in [-0.15, -0.1) is 0 Å². The second-order valence-electron chi connectivity index (χ2n) is 5.72.